The molecule has 0 spiro atoms. The smallest absolute Gasteiger partial charge is 0.371 e. The van der Waals surface area contributed by atoms with Crippen LogP contribution in [-0.2, 0) is 6.18 Å². The number of hydrogen-bond acceptors (Lipinski definition) is 3. The van der Waals surface area contributed by atoms with Gasteiger partial charge in [-0.05, 0) is 25.1 Å². The molecule has 2 aromatic carbocycles. The lowest BCUT2D eigenvalue weighted by molar-refractivity contribution is -0.137. The SMILES string of the molecule is C/C(=C\C(=O)c1ccccc1)N1CCN(c2cccc(C(F)(F)F)c2)CC1. The van der Waals surface area contributed by atoms with Gasteiger partial charge in [0.1, 0.15) is 0 Å². The minimum atomic E-state index is -4.34. The average molecular weight is 374 g/mol. The number of allylic oxidation sites excluding steroid dienone is 2. The van der Waals surface area contributed by atoms with Gasteiger partial charge in [0, 0.05) is 49.2 Å². The molecule has 1 heterocycles. The number of rotatable bonds is 4. The van der Waals surface area contributed by atoms with Crippen molar-refractivity contribution in [3.8, 4) is 0 Å². The fraction of sp³-hybridized carbons (Fsp3) is 0.286. The third-order valence-electron chi connectivity index (χ3n) is 4.72. The van der Waals surface area contributed by atoms with Crippen molar-refractivity contribution in [2.75, 3.05) is 31.1 Å². The van der Waals surface area contributed by atoms with Crippen LogP contribution >= 0.6 is 0 Å². The van der Waals surface area contributed by atoms with E-state index in [2.05, 4.69) is 4.90 Å². The molecule has 0 amide bonds. The first-order valence-electron chi connectivity index (χ1n) is 8.79. The highest BCUT2D eigenvalue weighted by atomic mass is 19.4. The Bertz CT molecular complexity index is 823. The van der Waals surface area contributed by atoms with Crippen LogP contribution in [0.25, 0.3) is 0 Å². The normalized spacial score (nSPS) is 15.8. The predicted octanol–water partition coefficient (Wildman–Crippen LogP) is 4.61. The zero-order valence-corrected chi connectivity index (χ0v) is 15.0. The molecular formula is C21H21F3N2O. The van der Waals surface area contributed by atoms with Gasteiger partial charge in [0.25, 0.3) is 0 Å². The van der Waals surface area contributed by atoms with Crippen molar-refractivity contribution in [1.82, 2.24) is 4.90 Å². The van der Waals surface area contributed by atoms with Crippen LogP contribution in [0.5, 0.6) is 0 Å². The van der Waals surface area contributed by atoms with E-state index in [1.54, 1.807) is 24.3 Å². The Balaban J connectivity index is 1.63. The first kappa shape index (κ1) is 19.0. The van der Waals surface area contributed by atoms with E-state index in [0.717, 1.165) is 11.8 Å². The molecule has 142 valence electrons. The van der Waals surface area contributed by atoms with Gasteiger partial charge in [0.05, 0.1) is 5.56 Å². The van der Waals surface area contributed by atoms with E-state index in [0.29, 0.717) is 37.4 Å². The summed E-state index contributed by atoms with van der Waals surface area (Å²) in [6.45, 7) is 4.40. The molecule has 1 aliphatic heterocycles. The number of ketones is 1. The Labute approximate surface area is 156 Å². The summed E-state index contributed by atoms with van der Waals surface area (Å²) >= 11 is 0. The molecule has 1 aliphatic rings. The number of carbonyl (C=O) groups is 1. The number of alkyl halides is 3. The minimum Gasteiger partial charge on any atom is -0.371 e. The second-order valence-corrected chi connectivity index (χ2v) is 6.54. The molecule has 2 aromatic rings. The number of nitrogens with zero attached hydrogens (tertiary/aromatic N) is 2. The number of hydrogen-bond donors (Lipinski definition) is 0. The highest BCUT2D eigenvalue weighted by Crippen LogP contribution is 2.32. The van der Waals surface area contributed by atoms with E-state index in [1.807, 2.05) is 30.0 Å². The second kappa shape index (κ2) is 7.86. The number of carbonyl (C=O) groups excluding carboxylic acids is 1. The molecule has 27 heavy (non-hydrogen) atoms. The number of benzene rings is 2. The summed E-state index contributed by atoms with van der Waals surface area (Å²) in [6, 6.07) is 14.5. The molecule has 3 rings (SSSR count). The first-order chi connectivity index (χ1) is 12.8. The molecule has 0 aromatic heterocycles. The molecule has 0 atom stereocenters. The van der Waals surface area contributed by atoms with Crippen molar-refractivity contribution in [3.63, 3.8) is 0 Å². The summed E-state index contributed by atoms with van der Waals surface area (Å²) in [4.78, 5) is 16.3. The van der Waals surface area contributed by atoms with Gasteiger partial charge in [0.2, 0.25) is 0 Å². The maximum atomic E-state index is 12.9. The van der Waals surface area contributed by atoms with Crippen molar-refractivity contribution in [3.05, 3.63) is 77.5 Å². The minimum absolute atomic E-state index is 0.0478. The van der Waals surface area contributed by atoms with Crippen molar-refractivity contribution in [2.24, 2.45) is 0 Å². The van der Waals surface area contributed by atoms with Crippen LogP contribution in [0, 0.1) is 0 Å². The molecule has 0 N–H and O–H groups in total. The first-order valence-corrected chi connectivity index (χ1v) is 8.79. The van der Waals surface area contributed by atoms with Crippen LogP contribution in [0.15, 0.2) is 66.4 Å². The zero-order valence-electron chi connectivity index (χ0n) is 15.0. The topological polar surface area (TPSA) is 23.6 Å². The van der Waals surface area contributed by atoms with Gasteiger partial charge >= 0.3 is 6.18 Å². The molecule has 3 nitrogen and oxygen atoms in total. The standard InChI is InChI=1S/C21H21F3N2O/c1-16(14-20(27)17-6-3-2-4-7-17)25-10-12-26(13-11-25)19-9-5-8-18(15-19)21(22,23)24/h2-9,14-15H,10-13H2,1H3/b16-14+. The fourth-order valence-corrected chi connectivity index (χ4v) is 3.16. The molecule has 1 saturated heterocycles. The fourth-order valence-electron chi connectivity index (χ4n) is 3.16. The summed E-state index contributed by atoms with van der Waals surface area (Å²) < 4.78 is 38.7. The zero-order chi connectivity index (χ0) is 19.4. The highest BCUT2D eigenvalue weighted by molar-refractivity contribution is 6.04. The van der Waals surface area contributed by atoms with Crippen LogP contribution in [0.4, 0.5) is 18.9 Å². The lowest BCUT2D eigenvalue weighted by Gasteiger charge is -2.38. The van der Waals surface area contributed by atoms with Gasteiger partial charge in [-0.3, -0.25) is 4.79 Å². The third-order valence-corrected chi connectivity index (χ3v) is 4.72. The average Bonchev–Trinajstić information content (AvgIpc) is 2.68. The van der Waals surface area contributed by atoms with Crippen molar-refractivity contribution in [1.29, 1.82) is 0 Å². The van der Waals surface area contributed by atoms with Gasteiger partial charge in [-0.2, -0.15) is 13.2 Å². The van der Waals surface area contributed by atoms with E-state index in [4.69, 9.17) is 0 Å². The van der Waals surface area contributed by atoms with Gasteiger partial charge in [-0.1, -0.05) is 36.4 Å². The molecule has 0 bridgehead atoms. The monoisotopic (exact) mass is 374 g/mol. The third kappa shape index (κ3) is 4.70. The van der Waals surface area contributed by atoms with Crippen molar-refractivity contribution >= 4 is 11.5 Å². The summed E-state index contributed by atoms with van der Waals surface area (Å²) in [7, 11) is 0. The summed E-state index contributed by atoms with van der Waals surface area (Å²) in [5, 5.41) is 0. The van der Waals surface area contributed by atoms with Crippen LogP contribution in [0.1, 0.15) is 22.8 Å². The van der Waals surface area contributed by atoms with Crippen LogP contribution in [0.2, 0.25) is 0 Å². The van der Waals surface area contributed by atoms with Crippen LogP contribution in [-0.4, -0.2) is 36.9 Å². The second-order valence-electron chi connectivity index (χ2n) is 6.54. The highest BCUT2D eigenvalue weighted by Gasteiger charge is 2.31. The molecule has 0 aliphatic carbocycles. The number of anilines is 1. The van der Waals surface area contributed by atoms with Crippen molar-refractivity contribution < 1.29 is 18.0 Å². The van der Waals surface area contributed by atoms with Crippen LogP contribution < -0.4 is 4.90 Å². The molecular weight excluding hydrogens is 353 g/mol. The predicted molar refractivity (Wildman–Crippen MR) is 99.8 cm³/mol. The Morgan fingerprint density at radius 3 is 2.26 bits per heavy atom. The maximum absolute atomic E-state index is 12.9. The van der Waals surface area contributed by atoms with Crippen molar-refractivity contribution in [2.45, 2.75) is 13.1 Å². The number of piperazine rings is 1. The summed E-state index contributed by atoms with van der Waals surface area (Å²) in [5.74, 6) is -0.0478. The molecule has 0 unspecified atom stereocenters. The Morgan fingerprint density at radius 1 is 0.963 bits per heavy atom. The quantitative estimate of drug-likeness (QED) is 0.577. The molecule has 6 heteroatoms. The van der Waals surface area contributed by atoms with Gasteiger partial charge in [0.15, 0.2) is 5.78 Å². The van der Waals surface area contributed by atoms with Gasteiger partial charge in [-0.25, -0.2) is 0 Å². The van der Waals surface area contributed by atoms with E-state index >= 15 is 0 Å². The van der Waals surface area contributed by atoms with Gasteiger partial charge in [-0.15, -0.1) is 0 Å². The van der Waals surface area contributed by atoms with E-state index in [-0.39, 0.29) is 5.78 Å². The molecule has 0 radical (unpaired) electrons. The molecule has 0 saturated carbocycles. The maximum Gasteiger partial charge on any atom is 0.416 e. The Morgan fingerprint density at radius 2 is 1.63 bits per heavy atom. The van der Waals surface area contributed by atoms with Gasteiger partial charge < -0.3 is 9.80 Å². The lowest BCUT2D eigenvalue weighted by atomic mass is 10.1. The summed E-state index contributed by atoms with van der Waals surface area (Å²) in [5.41, 5.74) is 1.45. The Hall–Kier alpha value is -2.76. The van der Waals surface area contributed by atoms with E-state index < -0.39 is 11.7 Å². The summed E-state index contributed by atoms with van der Waals surface area (Å²) in [6.07, 6.45) is -2.72. The molecule has 1 fully saturated rings. The van der Waals surface area contributed by atoms with E-state index in [1.165, 1.54) is 12.1 Å². The lowest BCUT2D eigenvalue weighted by Crippen LogP contribution is -2.45. The Kier molecular flexibility index (Phi) is 5.54. The van der Waals surface area contributed by atoms with Crippen LogP contribution in [0.3, 0.4) is 0 Å². The van der Waals surface area contributed by atoms with E-state index in [9.17, 15) is 18.0 Å². The number of halogens is 3. The largest absolute Gasteiger partial charge is 0.416 e.